The van der Waals surface area contributed by atoms with Gasteiger partial charge in [-0.25, -0.2) is 0 Å². The number of phenolic OH excluding ortho intramolecular Hbond substituents is 1. The van der Waals surface area contributed by atoms with Crippen molar-refractivity contribution in [1.29, 1.82) is 0 Å². The van der Waals surface area contributed by atoms with Crippen molar-refractivity contribution in [3.8, 4) is 5.75 Å². The van der Waals surface area contributed by atoms with Crippen LogP contribution < -0.4 is 0 Å². The molecule has 3 bridgehead atoms. The minimum Gasteiger partial charge on any atom is -0.508 e. The number of ether oxygens (including phenoxy) is 4. The largest absolute Gasteiger partial charge is 0.508 e. The first-order valence-corrected chi connectivity index (χ1v) is 15.2. The first kappa shape index (κ1) is 29.2. The van der Waals surface area contributed by atoms with Crippen molar-refractivity contribution in [1.82, 2.24) is 0 Å². The molecule has 1 saturated carbocycles. The van der Waals surface area contributed by atoms with E-state index in [-0.39, 0.29) is 36.9 Å². The average Bonchev–Trinajstić information content (AvgIpc) is 3.24. The van der Waals surface area contributed by atoms with Gasteiger partial charge in [0.2, 0.25) is 0 Å². The molecule has 3 aliphatic carbocycles. The van der Waals surface area contributed by atoms with Crippen LogP contribution >= 0.6 is 0 Å². The lowest BCUT2D eigenvalue weighted by molar-refractivity contribution is -0.399. The van der Waals surface area contributed by atoms with Crippen LogP contribution in [0.4, 0.5) is 0 Å². The van der Waals surface area contributed by atoms with E-state index in [0.717, 1.165) is 11.1 Å². The highest BCUT2D eigenvalue weighted by atomic mass is 16.9. The zero-order valence-electron chi connectivity index (χ0n) is 25.3. The first-order chi connectivity index (χ1) is 20.8. The number of benzene rings is 2. The molecule has 2 aromatic carbocycles. The van der Waals surface area contributed by atoms with Crippen molar-refractivity contribution in [3.63, 3.8) is 0 Å². The minimum atomic E-state index is -1.81. The fourth-order valence-corrected chi connectivity index (χ4v) is 8.61. The number of ketones is 1. The molecule has 2 aromatic rings. The quantitative estimate of drug-likeness (QED) is 0.343. The maximum absolute atomic E-state index is 13.7. The lowest BCUT2D eigenvalue weighted by atomic mass is 9.54. The number of esters is 1. The summed E-state index contributed by atoms with van der Waals surface area (Å²) in [6, 6.07) is 16.2. The number of aromatic hydroxyl groups is 1. The Labute approximate surface area is 257 Å². The minimum absolute atomic E-state index is 0.0125. The van der Waals surface area contributed by atoms with Gasteiger partial charge in [-0.05, 0) is 72.2 Å². The van der Waals surface area contributed by atoms with Gasteiger partial charge in [-0.3, -0.25) is 9.59 Å². The molecule has 1 spiro atoms. The fourth-order valence-electron chi connectivity index (χ4n) is 8.61. The number of carbonyl (C=O) groups is 2. The first-order valence-electron chi connectivity index (χ1n) is 15.2. The van der Waals surface area contributed by atoms with Gasteiger partial charge in [0.1, 0.15) is 29.2 Å². The van der Waals surface area contributed by atoms with Crippen LogP contribution in [0.5, 0.6) is 5.75 Å². The van der Waals surface area contributed by atoms with Crippen LogP contribution in [0.3, 0.4) is 0 Å². The van der Waals surface area contributed by atoms with Crippen LogP contribution in [0.25, 0.3) is 0 Å². The van der Waals surface area contributed by atoms with Gasteiger partial charge in [0.05, 0.1) is 18.4 Å². The van der Waals surface area contributed by atoms with E-state index in [1.165, 1.54) is 12.1 Å². The summed E-state index contributed by atoms with van der Waals surface area (Å²) in [5.74, 6) is -3.13. The van der Waals surface area contributed by atoms with E-state index < -0.39 is 40.3 Å². The molecule has 44 heavy (non-hydrogen) atoms. The van der Waals surface area contributed by atoms with E-state index in [2.05, 4.69) is 13.5 Å². The Morgan fingerprint density at radius 3 is 2.50 bits per heavy atom. The molecular weight excluding hydrogens is 560 g/mol. The topological polar surface area (TPSA) is 112 Å². The lowest BCUT2D eigenvalue weighted by Crippen LogP contribution is -2.70. The third-order valence-electron chi connectivity index (χ3n) is 10.4. The monoisotopic (exact) mass is 598 g/mol. The van der Waals surface area contributed by atoms with Crippen molar-refractivity contribution >= 4 is 11.8 Å². The molecule has 7 rings (SSSR count). The molecule has 0 amide bonds. The fraction of sp³-hybridized carbons (Fsp3) is 0.444. The molecule has 5 aliphatic rings. The van der Waals surface area contributed by atoms with Gasteiger partial charge in [0.15, 0.2) is 5.78 Å². The maximum Gasteiger partial charge on any atom is 0.310 e. The summed E-state index contributed by atoms with van der Waals surface area (Å²) in [7, 11) is 0. The number of phenols is 1. The third kappa shape index (κ3) is 4.11. The van der Waals surface area contributed by atoms with Gasteiger partial charge in [-0.15, -0.1) is 0 Å². The second-order valence-corrected chi connectivity index (χ2v) is 13.5. The highest BCUT2D eigenvalue weighted by molar-refractivity contribution is 6.05. The molecule has 0 radical (unpaired) electrons. The smallest absolute Gasteiger partial charge is 0.310 e. The summed E-state index contributed by atoms with van der Waals surface area (Å²) in [5, 5.41) is 21.9. The molecule has 230 valence electrons. The van der Waals surface area contributed by atoms with Crippen molar-refractivity contribution < 1.29 is 38.7 Å². The maximum atomic E-state index is 13.7. The molecule has 2 aliphatic heterocycles. The molecule has 2 saturated heterocycles. The van der Waals surface area contributed by atoms with Gasteiger partial charge in [-0.1, -0.05) is 62.0 Å². The van der Waals surface area contributed by atoms with E-state index in [4.69, 9.17) is 18.9 Å². The molecule has 8 nitrogen and oxygen atoms in total. The van der Waals surface area contributed by atoms with Crippen molar-refractivity contribution in [3.05, 3.63) is 101 Å². The molecule has 7 atom stereocenters. The number of hydrogen-bond acceptors (Lipinski definition) is 8. The SMILES string of the molecule is C=C(C)[C@]12C[C@@H](C)[C@@]34O[C@@](Cc5ccccc5)(O1)O[C@@]3(C=C(COC(=O)Cc1ccc(O)cc1)C[C@]1(O)C(=O)C(C)=C[C@@H]41)C2. The predicted octanol–water partition coefficient (Wildman–Crippen LogP) is 4.88. The molecule has 8 heteroatoms. The Hall–Kier alpha value is -3.56. The summed E-state index contributed by atoms with van der Waals surface area (Å²) in [5.41, 5.74) is -1.27. The van der Waals surface area contributed by atoms with Crippen LogP contribution in [0.1, 0.15) is 51.2 Å². The molecule has 2 N–H and O–H groups in total. The summed E-state index contributed by atoms with van der Waals surface area (Å²) < 4.78 is 26.8. The number of Topliss-reactive ketones (excluding diaryl/α,β-unsaturated/α-hetero) is 1. The van der Waals surface area contributed by atoms with Crippen molar-refractivity contribution in [2.45, 2.75) is 81.3 Å². The van der Waals surface area contributed by atoms with Gasteiger partial charge < -0.3 is 29.2 Å². The highest BCUT2D eigenvalue weighted by Crippen LogP contribution is 2.71. The Balaban J connectivity index is 1.32. The van der Waals surface area contributed by atoms with E-state index in [0.29, 0.717) is 36.0 Å². The second-order valence-electron chi connectivity index (χ2n) is 13.5. The third-order valence-corrected chi connectivity index (χ3v) is 10.4. The Bertz CT molecular complexity index is 1610. The van der Waals surface area contributed by atoms with Crippen LogP contribution in [-0.2, 0) is 41.4 Å². The standard InChI is InChI=1S/C36H38O8/c1-22(2)32-16-24(4)36-29-14-23(3)31(39)34(29,40)18-27(20-41-30(38)15-25-10-12-28(37)13-11-25)17-33(36,21-32)43-35(42-32,44-36)19-26-8-6-5-7-9-26/h5-14,17,24,29,37,40H,1,15-16,18-21H2,2-4H3/t24-,29-,32-,33+,34-,35+,36+/m1/s1. The molecule has 0 aromatic heterocycles. The number of rotatable bonds is 7. The van der Waals surface area contributed by atoms with Gasteiger partial charge in [0, 0.05) is 18.8 Å². The normalized spacial score (nSPS) is 38.3. The number of aliphatic hydroxyl groups is 1. The Kier molecular flexibility index (Phi) is 6.44. The van der Waals surface area contributed by atoms with E-state index >= 15 is 0 Å². The van der Waals surface area contributed by atoms with Crippen LogP contribution in [0.2, 0.25) is 0 Å². The van der Waals surface area contributed by atoms with E-state index in [9.17, 15) is 19.8 Å². The summed E-state index contributed by atoms with van der Waals surface area (Å²) in [4.78, 5) is 26.7. The second kappa shape index (κ2) is 9.72. The van der Waals surface area contributed by atoms with Crippen molar-refractivity contribution in [2.75, 3.05) is 6.61 Å². The summed E-state index contributed by atoms with van der Waals surface area (Å²) >= 11 is 0. The average molecular weight is 599 g/mol. The van der Waals surface area contributed by atoms with Crippen LogP contribution in [-0.4, -0.2) is 56.9 Å². The van der Waals surface area contributed by atoms with Crippen LogP contribution in [0, 0.1) is 11.8 Å². The number of fused-ring (bicyclic) bond motifs is 3. The predicted molar refractivity (Wildman–Crippen MR) is 160 cm³/mol. The van der Waals surface area contributed by atoms with Crippen molar-refractivity contribution in [2.24, 2.45) is 11.8 Å². The highest BCUT2D eigenvalue weighted by Gasteiger charge is 2.82. The molecular formula is C36H38O8. The lowest BCUT2D eigenvalue weighted by Gasteiger charge is -2.58. The van der Waals surface area contributed by atoms with Gasteiger partial charge in [0.25, 0.3) is 5.97 Å². The summed E-state index contributed by atoms with van der Waals surface area (Å²) in [6.07, 6.45) is 5.06. The molecule has 0 unspecified atom stereocenters. The molecule has 3 fully saturated rings. The number of carbonyl (C=O) groups excluding carboxylic acids is 2. The zero-order chi connectivity index (χ0) is 31.1. The zero-order valence-corrected chi connectivity index (χ0v) is 25.3. The molecule has 2 heterocycles. The van der Waals surface area contributed by atoms with Crippen LogP contribution in [0.15, 0.2) is 90.0 Å². The Morgan fingerprint density at radius 2 is 1.80 bits per heavy atom. The van der Waals surface area contributed by atoms with E-state index in [1.807, 2.05) is 49.4 Å². The van der Waals surface area contributed by atoms with Gasteiger partial charge in [-0.2, -0.15) is 0 Å². The Morgan fingerprint density at radius 1 is 1.07 bits per heavy atom. The number of hydrogen-bond donors (Lipinski definition) is 2. The van der Waals surface area contributed by atoms with Gasteiger partial charge >= 0.3 is 5.97 Å². The van der Waals surface area contributed by atoms with E-state index in [1.54, 1.807) is 19.1 Å². The summed E-state index contributed by atoms with van der Waals surface area (Å²) in [6.45, 7) is 9.98.